The number of benzene rings is 2. The van der Waals surface area contributed by atoms with Gasteiger partial charge < -0.3 is 10.2 Å². The molecule has 2 aromatic heterocycles. The number of hydrogen-bond donors (Lipinski definition) is 1. The lowest BCUT2D eigenvalue weighted by atomic mass is 10.2. The third-order valence-electron chi connectivity index (χ3n) is 5.09. The smallest absolute Gasteiger partial charge is 0.149 e. The molecule has 2 aromatic carbocycles. The summed E-state index contributed by atoms with van der Waals surface area (Å²) in [5, 5.41) is 3.35. The van der Waals surface area contributed by atoms with Crippen LogP contribution in [0.5, 0.6) is 0 Å². The molecule has 1 aliphatic rings. The number of piperazine rings is 1. The van der Waals surface area contributed by atoms with Crippen molar-refractivity contribution in [1.29, 1.82) is 0 Å². The number of fused-ring (bicyclic) bond motifs is 1. The number of nitrogens with one attached hydrogen (secondary N) is 1. The number of halogens is 2. The molecule has 0 atom stereocenters. The first-order chi connectivity index (χ1) is 14.2. The van der Waals surface area contributed by atoms with Crippen molar-refractivity contribution in [3.05, 3.63) is 66.6 Å². The van der Waals surface area contributed by atoms with Crippen LogP contribution in [0.25, 0.3) is 28.2 Å². The van der Waals surface area contributed by atoms with Crippen molar-refractivity contribution in [3.63, 3.8) is 0 Å². The normalized spacial score (nSPS) is 14.5. The lowest BCUT2D eigenvalue weighted by Gasteiger charge is -2.29. The average Bonchev–Trinajstić information content (AvgIpc) is 3.13. The Kier molecular flexibility index (Phi) is 4.40. The Hall–Kier alpha value is -3.39. The van der Waals surface area contributed by atoms with E-state index in [0.717, 1.165) is 43.4 Å². The van der Waals surface area contributed by atoms with Gasteiger partial charge in [-0.1, -0.05) is 0 Å². The van der Waals surface area contributed by atoms with Crippen LogP contribution < -0.4 is 10.2 Å². The molecule has 4 aromatic rings. The van der Waals surface area contributed by atoms with Gasteiger partial charge in [0.2, 0.25) is 0 Å². The minimum atomic E-state index is -0.669. The van der Waals surface area contributed by atoms with E-state index >= 15 is 0 Å². The topological polar surface area (TPSA) is 58.9 Å². The van der Waals surface area contributed by atoms with E-state index in [2.05, 4.69) is 25.2 Å². The highest BCUT2D eigenvalue weighted by Crippen LogP contribution is 2.32. The van der Waals surface area contributed by atoms with E-state index in [0.29, 0.717) is 17.2 Å². The summed E-state index contributed by atoms with van der Waals surface area (Å²) in [6.07, 6.45) is 3.06. The Morgan fingerprint density at radius 1 is 0.966 bits per heavy atom. The van der Waals surface area contributed by atoms with Gasteiger partial charge in [-0.25, -0.2) is 23.7 Å². The maximum absolute atomic E-state index is 14.6. The van der Waals surface area contributed by atoms with Crippen LogP contribution in [0.4, 0.5) is 14.5 Å². The van der Waals surface area contributed by atoms with Crippen molar-refractivity contribution in [2.45, 2.75) is 0 Å². The van der Waals surface area contributed by atoms with Crippen molar-refractivity contribution in [2.75, 3.05) is 31.1 Å². The third-order valence-corrected chi connectivity index (χ3v) is 5.09. The number of aromatic nitrogens is 4. The average molecular weight is 392 g/mol. The second-order valence-corrected chi connectivity index (χ2v) is 6.87. The summed E-state index contributed by atoms with van der Waals surface area (Å²) >= 11 is 0. The number of imidazole rings is 1. The number of rotatable bonds is 3. The highest BCUT2D eigenvalue weighted by atomic mass is 19.1. The first-order valence-corrected chi connectivity index (χ1v) is 9.41. The molecule has 0 radical (unpaired) electrons. The predicted molar refractivity (Wildman–Crippen MR) is 107 cm³/mol. The van der Waals surface area contributed by atoms with Gasteiger partial charge in [-0.15, -0.1) is 0 Å². The molecular weight excluding hydrogens is 374 g/mol. The highest BCUT2D eigenvalue weighted by Gasteiger charge is 2.20. The Morgan fingerprint density at radius 3 is 2.59 bits per heavy atom. The molecule has 0 saturated carbocycles. The van der Waals surface area contributed by atoms with Gasteiger partial charge in [0.25, 0.3) is 0 Å². The molecular formula is C21H18F2N6. The van der Waals surface area contributed by atoms with E-state index in [4.69, 9.17) is 0 Å². The van der Waals surface area contributed by atoms with Gasteiger partial charge in [-0.3, -0.25) is 4.57 Å². The molecule has 1 aliphatic heterocycles. The summed E-state index contributed by atoms with van der Waals surface area (Å²) in [6, 6.07) is 11.2. The molecule has 8 heteroatoms. The van der Waals surface area contributed by atoms with Crippen LogP contribution in [0, 0.1) is 11.6 Å². The molecule has 0 spiro atoms. The summed E-state index contributed by atoms with van der Waals surface area (Å²) in [6.45, 7) is 3.67. The van der Waals surface area contributed by atoms with Gasteiger partial charge in [0.05, 0.1) is 16.6 Å². The molecule has 0 bridgehead atoms. The van der Waals surface area contributed by atoms with E-state index in [9.17, 15) is 8.78 Å². The Bertz CT molecular complexity index is 1170. The molecule has 6 nitrogen and oxygen atoms in total. The van der Waals surface area contributed by atoms with E-state index < -0.39 is 11.6 Å². The molecule has 5 rings (SSSR count). The number of hydrogen-bond acceptors (Lipinski definition) is 5. The van der Waals surface area contributed by atoms with Crippen molar-refractivity contribution in [3.8, 4) is 17.2 Å². The van der Waals surface area contributed by atoms with Crippen LogP contribution in [-0.4, -0.2) is 45.7 Å². The first-order valence-electron chi connectivity index (χ1n) is 9.41. The maximum atomic E-state index is 14.6. The van der Waals surface area contributed by atoms with Gasteiger partial charge in [-0.05, 0) is 36.4 Å². The van der Waals surface area contributed by atoms with Crippen LogP contribution in [0.1, 0.15) is 0 Å². The number of anilines is 1. The summed E-state index contributed by atoms with van der Waals surface area (Å²) in [4.78, 5) is 15.3. The zero-order chi connectivity index (χ0) is 19.8. The second kappa shape index (κ2) is 7.21. The standard InChI is InChI=1S/C21H18F2N6/c22-14-1-3-16(17(23)11-14)21-27-18-4-2-15(28-9-7-24-8-10-28)12-19(18)29(21)20-5-6-25-13-26-20/h1-6,11-13,24H,7-10H2. The second-order valence-electron chi connectivity index (χ2n) is 6.87. The van der Waals surface area contributed by atoms with Crippen LogP contribution in [0.3, 0.4) is 0 Å². The Labute approximate surface area is 165 Å². The zero-order valence-corrected chi connectivity index (χ0v) is 15.5. The minimum Gasteiger partial charge on any atom is -0.369 e. The van der Waals surface area contributed by atoms with Crippen LogP contribution in [0.2, 0.25) is 0 Å². The summed E-state index contributed by atoms with van der Waals surface area (Å²) in [5.74, 6) is -0.359. The molecule has 1 saturated heterocycles. The van der Waals surface area contributed by atoms with Gasteiger partial charge in [0.15, 0.2) is 0 Å². The Balaban J connectivity index is 1.74. The van der Waals surface area contributed by atoms with Crippen molar-refractivity contribution in [2.24, 2.45) is 0 Å². The van der Waals surface area contributed by atoms with Crippen molar-refractivity contribution < 1.29 is 8.78 Å². The number of nitrogens with zero attached hydrogens (tertiary/aromatic N) is 5. The molecule has 1 fully saturated rings. The van der Waals surface area contributed by atoms with Crippen molar-refractivity contribution >= 4 is 16.7 Å². The van der Waals surface area contributed by atoms with Gasteiger partial charge in [-0.2, -0.15) is 0 Å². The SMILES string of the molecule is Fc1ccc(-c2nc3ccc(N4CCNCC4)cc3n2-c2ccncn2)c(F)c1. The van der Waals surface area contributed by atoms with E-state index in [1.54, 1.807) is 16.8 Å². The van der Waals surface area contributed by atoms with E-state index in [1.807, 2.05) is 18.2 Å². The maximum Gasteiger partial charge on any atom is 0.149 e. The van der Waals surface area contributed by atoms with Crippen LogP contribution >= 0.6 is 0 Å². The highest BCUT2D eigenvalue weighted by molar-refractivity contribution is 5.86. The molecule has 3 heterocycles. The Morgan fingerprint density at radius 2 is 1.83 bits per heavy atom. The third kappa shape index (κ3) is 3.21. The van der Waals surface area contributed by atoms with Gasteiger partial charge in [0, 0.05) is 44.1 Å². The fraction of sp³-hybridized carbons (Fsp3) is 0.190. The molecule has 29 heavy (non-hydrogen) atoms. The lowest BCUT2D eigenvalue weighted by Crippen LogP contribution is -2.43. The molecule has 0 unspecified atom stereocenters. The lowest BCUT2D eigenvalue weighted by molar-refractivity contribution is 0.584. The summed E-state index contributed by atoms with van der Waals surface area (Å²) in [5.41, 5.74) is 2.80. The summed E-state index contributed by atoms with van der Waals surface area (Å²) < 4.78 is 29.8. The van der Waals surface area contributed by atoms with E-state index in [1.165, 1.54) is 18.5 Å². The monoisotopic (exact) mass is 392 g/mol. The van der Waals surface area contributed by atoms with Crippen LogP contribution in [-0.2, 0) is 0 Å². The largest absolute Gasteiger partial charge is 0.369 e. The zero-order valence-electron chi connectivity index (χ0n) is 15.5. The summed E-state index contributed by atoms with van der Waals surface area (Å²) in [7, 11) is 0. The molecule has 0 aliphatic carbocycles. The first kappa shape index (κ1) is 17.7. The predicted octanol–water partition coefficient (Wildman–Crippen LogP) is 3.17. The molecule has 146 valence electrons. The fourth-order valence-corrected chi connectivity index (χ4v) is 3.68. The molecule has 1 N–H and O–H groups in total. The fourth-order valence-electron chi connectivity index (χ4n) is 3.68. The van der Waals surface area contributed by atoms with Crippen LogP contribution in [0.15, 0.2) is 55.0 Å². The van der Waals surface area contributed by atoms with E-state index in [-0.39, 0.29) is 5.56 Å². The van der Waals surface area contributed by atoms with Gasteiger partial charge >= 0.3 is 0 Å². The minimum absolute atomic E-state index is 0.213. The quantitative estimate of drug-likeness (QED) is 0.580. The van der Waals surface area contributed by atoms with Gasteiger partial charge in [0.1, 0.15) is 29.6 Å². The van der Waals surface area contributed by atoms with Crippen molar-refractivity contribution in [1.82, 2.24) is 24.8 Å². The molecule has 0 amide bonds.